The van der Waals surface area contributed by atoms with E-state index in [0.29, 0.717) is 11.1 Å². The third-order valence-corrected chi connectivity index (χ3v) is 5.66. The van der Waals surface area contributed by atoms with E-state index < -0.39 is 16.7 Å². The lowest BCUT2D eigenvalue weighted by Gasteiger charge is -2.11. The number of nitrogens with one attached hydrogen (secondary N) is 2. The Morgan fingerprint density at radius 1 is 0.892 bits per heavy atom. The number of amides is 2. The van der Waals surface area contributed by atoms with Gasteiger partial charge >= 0.3 is 0 Å². The van der Waals surface area contributed by atoms with Crippen LogP contribution in [0, 0.1) is 24.0 Å². The molecule has 4 aromatic rings. The van der Waals surface area contributed by atoms with Crippen molar-refractivity contribution in [3.63, 3.8) is 0 Å². The summed E-state index contributed by atoms with van der Waals surface area (Å²) in [5.41, 5.74) is 3.58. The normalized spacial score (nSPS) is 11.1. The van der Waals surface area contributed by atoms with E-state index in [1.807, 2.05) is 38.1 Å². The van der Waals surface area contributed by atoms with Gasteiger partial charge in [-0.1, -0.05) is 59.7 Å². The van der Waals surface area contributed by atoms with Crippen LogP contribution in [0.25, 0.3) is 17.4 Å². The van der Waals surface area contributed by atoms with Gasteiger partial charge in [0.25, 0.3) is 17.5 Å². The molecule has 0 fully saturated rings. The first-order valence-corrected chi connectivity index (χ1v) is 11.6. The van der Waals surface area contributed by atoms with Crippen molar-refractivity contribution < 1.29 is 18.9 Å². The van der Waals surface area contributed by atoms with E-state index >= 15 is 0 Å². The van der Waals surface area contributed by atoms with Gasteiger partial charge in [0.05, 0.1) is 10.5 Å². The molecule has 1 aromatic heterocycles. The maximum absolute atomic E-state index is 13.1. The van der Waals surface area contributed by atoms with E-state index in [9.17, 15) is 19.7 Å². The Morgan fingerprint density at radius 3 is 2.22 bits per heavy atom. The summed E-state index contributed by atoms with van der Waals surface area (Å²) in [4.78, 5) is 36.9. The van der Waals surface area contributed by atoms with Crippen LogP contribution in [-0.2, 0) is 11.3 Å². The van der Waals surface area contributed by atoms with Gasteiger partial charge in [0.1, 0.15) is 17.2 Å². The molecule has 8 heteroatoms. The SMILES string of the molecule is Cc1ccc(CNC(=O)/C(=C/c2ccc(-c3ccccc3[N+](=O)[O-])o2)NC(=O)c2ccc(C)cc2)cc1. The molecule has 0 aliphatic rings. The van der Waals surface area contributed by atoms with E-state index in [-0.39, 0.29) is 29.4 Å². The molecule has 37 heavy (non-hydrogen) atoms. The summed E-state index contributed by atoms with van der Waals surface area (Å²) in [6, 6.07) is 24.1. The molecule has 3 aromatic carbocycles. The number of para-hydroxylation sites is 1. The molecule has 0 saturated heterocycles. The second-order valence-corrected chi connectivity index (χ2v) is 8.52. The Labute approximate surface area is 213 Å². The average molecular weight is 496 g/mol. The second kappa shape index (κ2) is 11.2. The first-order chi connectivity index (χ1) is 17.8. The molecule has 0 aliphatic carbocycles. The number of nitrogens with zero attached hydrogens (tertiary/aromatic N) is 1. The predicted molar refractivity (Wildman–Crippen MR) is 140 cm³/mol. The maximum atomic E-state index is 13.1. The van der Waals surface area contributed by atoms with Gasteiger partial charge in [-0.3, -0.25) is 19.7 Å². The van der Waals surface area contributed by atoms with Crippen LogP contribution in [0.3, 0.4) is 0 Å². The van der Waals surface area contributed by atoms with Gasteiger partial charge in [-0.05, 0) is 49.7 Å². The lowest BCUT2D eigenvalue weighted by molar-refractivity contribution is -0.384. The topological polar surface area (TPSA) is 114 Å². The number of carbonyl (C=O) groups excluding carboxylic acids is 2. The van der Waals surface area contributed by atoms with Gasteiger partial charge in [-0.15, -0.1) is 0 Å². The van der Waals surface area contributed by atoms with Crippen molar-refractivity contribution in [2.75, 3.05) is 0 Å². The summed E-state index contributed by atoms with van der Waals surface area (Å²) in [6.45, 7) is 4.15. The number of nitro groups is 1. The van der Waals surface area contributed by atoms with Crippen LogP contribution in [0.4, 0.5) is 5.69 Å². The van der Waals surface area contributed by atoms with E-state index in [2.05, 4.69) is 10.6 Å². The molecule has 0 unspecified atom stereocenters. The molecule has 0 saturated carbocycles. The number of carbonyl (C=O) groups is 2. The number of hydrogen-bond acceptors (Lipinski definition) is 5. The van der Waals surface area contributed by atoms with Crippen LogP contribution in [-0.4, -0.2) is 16.7 Å². The van der Waals surface area contributed by atoms with Crippen molar-refractivity contribution >= 4 is 23.6 Å². The van der Waals surface area contributed by atoms with Crippen LogP contribution >= 0.6 is 0 Å². The van der Waals surface area contributed by atoms with E-state index in [4.69, 9.17) is 4.42 Å². The summed E-state index contributed by atoms with van der Waals surface area (Å²) in [5, 5.41) is 16.9. The highest BCUT2D eigenvalue weighted by Gasteiger charge is 2.19. The summed E-state index contributed by atoms with van der Waals surface area (Å²) in [6.07, 6.45) is 1.40. The van der Waals surface area contributed by atoms with E-state index in [0.717, 1.165) is 16.7 Å². The van der Waals surface area contributed by atoms with Crippen LogP contribution in [0.2, 0.25) is 0 Å². The maximum Gasteiger partial charge on any atom is 0.280 e. The Balaban J connectivity index is 1.61. The quantitative estimate of drug-likeness (QED) is 0.189. The van der Waals surface area contributed by atoms with Gasteiger partial charge in [-0.2, -0.15) is 0 Å². The first kappa shape index (κ1) is 25.1. The van der Waals surface area contributed by atoms with Crippen LogP contribution in [0.5, 0.6) is 0 Å². The Bertz CT molecular complexity index is 1470. The van der Waals surface area contributed by atoms with Crippen LogP contribution < -0.4 is 10.6 Å². The zero-order valence-electron chi connectivity index (χ0n) is 20.4. The first-order valence-electron chi connectivity index (χ1n) is 11.6. The summed E-state index contributed by atoms with van der Waals surface area (Å²) in [7, 11) is 0. The smallest absolute Gasteiger partial charge is 0.280 e. The molecule has 0 aliphatic heterocycles. The number of furan rings is 1. The number of benzene rings is 3. The molecule has 1 heterocycles. The van der Waals surface area contributed by atoms with Crippen molar-refractivity contribution in [2.45, 2.75) is 20.4 Å². The number of aryl methyl sites for hydroxylation is 2. The number of rotatable bonds is 8. The number of hydrogen-bond donors (Lipinski definition) is 2. The van der Waals surface area contributed by atoms with E-state index in [1.165, 1.54) is 12.1 Å². The third-order valence-electron chi connectivity index (χ3n) is 5.66. The van der Waals surface area contributed by atoms with Gasteiger partial charge in [-0.25, -0.2) is 0 Å². The van der Waals surface area contributed by atoms with E-state index in [1.54, 1.807) is 54.6 Å². The molecule has 2 amide bonds. The van der Waals surface area contributed by atoms with Gasteiger partial charge in [0.15, 0.2) is 0 Å². The lowest BCUT2D eigenvalue weighted by atomic mass is 10.1. The van der Waals surface area contributed by atoms with Gasteiger partial charge in [0.2, 0.25) is 0 Å². The summed E-state index contributed by atoms with van der Waals surface area (Å²) >= 11 is 0. The van der Waals surface area contributed by atoms with Crippen molar-refractivity contribution in [1.82, 2.24) is 10.6 Å². The predicted octanol–water partition coefficient (Wildman–Crippen LogP) is 5.56. The highest BCUT2D eigenvalue weighted by Crippen LogP contribution is 2.31. The molecule has 0 radical (unpaired) electrons. The minimum absolute atomic E-state index is 0.0267. The standard InChI is InChI=1S/C29H25N3O5/c1-19-7-11-21(12-8-19)18-30-29(34)25(31-28(33)22-13-9-20(2)10-14-22)17-23-15-16-27(37-23)24-5-3-4-6-26(24)32(35)36/h3-17H,18H2,1-2H3,(H,30,34)(H,31,33)/b25-17-. The minimum atomic E-state index is -0.510. The van der Waals surface area contributed by atoms with Crippen molar-refractivity contribution in [3.8, 4) is 11.3 Å². The summed E-state index contributed by atoms with van der Waals surface area (Å²) < 4.78 is 5.81. The zero-order valence-corrected chi connectivity index (χ0v) is 20.4. The fourth-order valence-corrected chi connectivity index (χ4v) is 3.60. The molecule has 0 spiro atoms. The largest absolute Gasteiger partial charge is 0.456 e. The highest BCUT2D eigenvalue weighted by molar-refractivity contribution is 6.05. The van der Waals surface area contributed by atoms with Crippen molar-refractivity contribution in [3.05, 3.63) is 129 Å². The molecule has 0 atom stereocenters. The van der Waals surface area contributed by atoms with Crippen molar-refractivity contribution in [1.29, 1.82) is 0 Å². The Kier molecular flexibility index (Phi) is 7.59. The highest BCUT2D eigenvalue weighted by atomic mass is 16.6. The van der Waals surface area contributed by atoms with Gasteiger partial charge in [0, 0.05) is 24.3 Å². The van der Waals surface area contributed by atoms with Crippen LogP contribution in [0.1, 0.15) is 32.8 Å². The molecular formula is C29H25N3O5. The molecule has 8 nitrogen and oxygen atoms in total. The molecule has 0 bridgehead atoms. The lowest BCUT2D eigenvalue weighted by Crippen LogP contribution is -2.34. The van der Waals surface area contributed by atoms with Crippen molar-refractivity contribution in [2.24, 2.45) is 0 Å². The van der Waals surface area contributed by atoms with Crippen LogP contribution in [0.15, 0.2) is 95.0 Å². The monoisotopic (exact) mass is 495 g/mol. The molecular weight excluding hydrogens is 470 g/mol. The summed E-state index contributed by atoms with van der Waals surface area (Å²) in [5.74, 6) is -0.451. The fourth-order valence-electron chi connectivity index (χ4n) is 3.60. The Hall–Kier alpha value is -4.98. The Morgan fingerprint density at radius 2 is 1.54 bits per heavy atom. The van der Waals surface area contributed by atoms with Gasteiger partial charge < -0.3 is 15.1 Å². The zero-order chi connectivity index (χ0) is 26.4. The second-order valence-electron chi connectivity index (χ2n) is 8.52. The minimum Gasteiger partial charge on any atom is -0.456 e. The molecule has 2 N–H and O–H groups in total. The number of nitro benzene ring substituents is 1. The average Bonchev–Trinajstić information content (AvgIpc) is 3.36. The molecule has 186 valence electrons. The fraction of sp³-hybridized carbons (Fsp3) is 0.103. The third kappa shape index (κ3) is 6.37. The molecule has 4 rings (SSSR count).